The van der Waals surface area contributed by atoms with E-state index in [-0.39, 0.29) is 32.4 Å². The van der Waals surface area contributed by atoms with Crippen molar-refractivity contribution in [3.05, 3.63) is 69.9 Å². The van der Waals surface area contributed by atoms with Gasteiger partial charge in [-0.25, -0.2) is 13.4 Å². The van der Waals surface area contributed by atoms with Crippen molar-refractivity contribution >= 4 is 37.9 Å². The van der Waals surface area contributed by atoms with E-state index in [1.54, 1.807) is 0 Å². The van der Waals surface area contributed by atoms with Gasteiger partial charge in [-0.15, -0.1) is 0 Å². The van der Waals surface area contributed by atoms with Gasteiger partial charge in [-0.05, 0) is 42.2 Å². The van der Waals surface area contributed by atoms with E-state index in [9.17, 15) is 23.3 Å². The zero-order chi connectivity index (χ0) is 23.5. The van der Waals surface area contributed by atoms with Gasteiger partial charge in [0.25, 0.3) is 11.6 Å². The lowest BCUT2D eigenvalue weighted by atomic mass is 10.0. The maximum atomic E-state index is 12.7. The second-order valence-corrected chi connectivity index (χ2v) is 10.5. The van der Waals surface area contributed by atoms with Crippen molar-refractivity contribution in [2.24, 2.45) is 0 Å². The van der Waals surface area contributed by atoms with Crippen LogP contribution in [0.2, 0.25) is 0 Å². The van der Waals surface area contributed by atoms with Crippen molar-refractivity contribution < 1.29 is 22.9 Å². The molecule has 0 bridgehead atoms. The molecule has 2 aromatic carbocycles. The molecule has 0 saturated heterocycles. The number of ether oxygens (including phenoxy) is 1. The lowest BCUT2D eigenvalue weighted by molar-refractivity contribution is -0.384. The Labute approximate surface area is 189 Å². The van der Waals surface area contributed by atoms with Gasteiger partial charge in [0, 0.05) is 12.1 Å². The first-order valence-corrected chi connectivity index (χ1v) is 11.9. The zero-order valence-corrected chi connectivity index (χ0v) is 19.2. The van der Waals surface area contributed by atoms with E-state index in [4.69, 9.17) is 4.74 Å². The minimum atomic E-state index is -3.92. The molecule has 0 spiro atoms. The molecule has 1 N–H and O–H groups in total. The third kappa shape index (κ3) is 5.29. The fraction of sp³-hybridized carbons (Fsp3) is 0.238. The molecule has 1 heterocycles. The van der Waals surface area contributed by atoms with Crippen molar-refractivity contribution in [1.82, 2.24) is 4.98 Å². The molecular weight excluding hydrogens is 454 g/mol. The third-order valence-corrected chi connectivity index (χ3v) is 7.65. The van der Waals surface area contributed by atoms with Gasteiger partial charge in [0.1, 0.15) is 9.96 Å². The number of amides is 1. The summed E-state index contributed by atoms with van der Waals surface area (Å²) in [4.78, 5) is 26.3. The lowest BCUT2D eigenvalue weighted by Crippen LogP contribution is -2.20. The maximum absolute atomic E-state index is 12.7. The number of nitro groups is 1. The Balaban J connectivity index is 1.68. The van der Waals surface area contributed by atoms with Crippen LogP contribution in [0.3, 0.4) is 0 Å². The van der Waals surface area contributed by atoms with Gasteiger partial charge < -0.3 is 4.74 Å². The third-order valence-electron chi connectivity index (χ3n) is 4.50. The molecule has 0 aliphatic rings. The second-order valence-electron chi connectivity index (χ2n) is 7.27. The summed E-state index contributed by atoms with van der Waals surface area (Å²) in [5.41, 5.74) is 1.77. The van der Waals surface area contributed by atoms with Gasteiger partial charge in [0.2, 0.25) is 9.84 Å². The van der Waals surface area contributed by atoms with Gasteiger partial charge in [-0.3, -0.25) is 20.2 Å². The van der Waals surface area contributed by atoms with Crippen molar-refractivity contribution in [1.29, 1.82) is 0 Å². The Morgan fingerprint density at radius 2 is 1.91 bits per heavy atom. The van der Waals surface area contributed by atoms with E-state index in [1.165, 1.54) is 0 Å². The molecule has 0 atom stereocenters. The monoisotopic (exact) mass is 475 g/mol. The highest BCUT2D eigenvalue weighted by molar-refractivity contribution is 7.93. The Hall–Kier alpha value is -3.31. The van der Waals surface area contributed by atoms with E-state index in [0.717, 1.165) is 52.9 Å². The summed E-state index contributed by atoms with van der Waals surface area (Å²) in [5, 5.41) is 13.4. The number of carbonyl (C=O) groups excluding carboxylic acids is 1. The Morgan fingerprint density at radius 3 is 2.53 bits per heavy atom. The molecule has 0 aliphatic carbocycles. The number of nitro benzene ring substituents is 1. The molecule has 0 radical (unpaired) electrons. The van der Waals surface area contributed by atoms with Crippen LogP contribution in [0, 0.1) is 17.0 Å². The number of benzene rings is 2. The highest BCUT2D eigenvalue weighted by Crippen LogP contribution is 2.30. The van der Waals surface area contributed by atoms with Crippen molar-refractivity contribution in [3.63, 3.8) is 0 Å². The number of nitrogens with zero attached hydrogens (tertiary/aromatic N) is 2. The molecule has 32 heavy (non-hydrogen) atoms. The predicted molar refractivity (Wildman–Crippen MR) is 120 cm³/mol. The number of rotatable bonds is 8. The number of anilines is 1. The molecule has 11 heteroatoms. The molecule has 0 saturated carbocycles. The molecule has 0 fully saturated rings. The molecular formula is C21H21N3O6S2. The highest BCUT2D eigenvalue weighted by Gasteiger charge is 2.22. The number of sulfone groups is 1. The fourth-order valence-corrected chi connectivity index (χ4v) is 5.30. The van der Waals surface area contributed by atoms with Crippen molar-refractivity contribution in [2.45, 2.75) is 35.8 Å². The standard InChI is InChI=1S/C21H21N3O6S2/c1-13(2)17-9-4-14(3)10-18(17)30-12-19(25)23-21-22-11-20(31-21)32(28,29)16-7-5-15(6-8-16)24(26)27/h4-11,13H,12H2,1-3H3,(H,22,23,25). The summed E-state index contributed by atoms with van der Waals surface area (Å²) >= 11 is 0.785. The van der Waals surface area contributed by atoms with E-state index in [1.807, 2.05) is 39.0 Å². The first kappa shape index (κ1) is 23.4. The number of hydrogen-bond acceptors (Lipinski definition) is 8. The number of non-ortho nitro benzene ring substituents is 1. The summed E-state index contributed by atoms with van der Waals surface area (Å²) < 4.78 is 31.0. The second kappa shape index (κ2) is 9.45. The highest BCUT2D eigenvalue weighted by atomic mass is 32.2. The fourth-order valence-electron chi connectivity index (χ4n) is 2.85. The minimum absolute atomic E-state index is 0.0941. The molecule has 1 amide bonds. The van der Waals surface area contributed by atoms with Crippen LogP contribution < -0.4 is 10.1 Å². The van der Waals surface area contributed by atoms with Crippen LogP contribution in [0.1, 0.15) is 30.9 Å². The summed E-state index contributed by atoms with van der Waals surface area (Å²) in [6.07, 6.45) is 1.13. The Bertz CT molecular complexity index is 1250. The number of aromatic nitrogens is 1. The van der Waals surface area contributed by atoms with E-state index < -0.39 is 20.7 Å². The number of thiazole rings is 1. The maximum Gasteiger partial charge on any atom is 0.269 e. The average Bonchev–Trinajstić information content (AvgIpc) is 3.21. The number of carbonyl (C=O) groups is 1. The first-order chi connectivity index (χ1) is 15.1. The van der Waals surface area contributed by atoms with Gasteiger partial charge in [-0.1, -0.05) is 37.3 Å². The lowest BCUT2D eigenvalue weighted by Gasteiger charge is -2.14. The molecule has 3 aromatic rings. The van der Waals surface area contributed by atoms with Crippen LogP contribution in [0.4, 0.5) is 10.8 Å². The molecule has 3 rings (SSSR count). The zero-order valence-electron chi connectivity index (χ0n) is 17.6. The average molecular weight is 476 g/mol. The summed E-state index contributed by atoms with van der Waals surface area (Å²) in [6, 6.07) is 10.4. The van der Waals surface area contributed by atoms with Crippen LogP contribution in [0.15, 0.2) is 57.8 Å². The molecule has 9 nitrogen and oxygen atoms in total. The van der Waals surface area contributed by atoms with E-state index in [0.29, 0.717) is 5.75 Å². The predicted octanol–water partition coefficient (Wildman–Crippen LogP) is 4.33. The van der Waals surface area contributed by atoms with Crippen LogP contribution in [-0.2, 0) is 14.6 Å². The van der Waals surface area contributed by atoms with Gasteiger partial charge >= 0.3 is 0 Å². The van der Waals surface area contributed by atoms with Crippen LogP contribution in [0.5, 0.6) is 5.75 Å². The Morgan fingerprint density at radius 1 is 1.22 bits per heavy atom. The van der Waals surface area contributed by atoms with Gasteiger partial charge in [0.15, 0.2) is 11.7 Å². The molecule has 0 aliphatic heterocycles. The molecule has 168 valence electrons. The van der Waals surface area contributed by atoms with Crippen LogP contribution in [-0.4, -0.2) is 30.8 Å². The first-order valence-electron chi connectivity index (χ1n) is 9.56. The number of nitrogens with one attached hydrogen (secondary N) is 1. The van der Waals surface area contributed by atoms with Gasteiger partial charge in [-0.2, -0.15) is 0 Å². The SMILES string of the molecule is Cc1ccc(C(C)C)c(OCC(=O)Nc2ncc(S(=O)(=O)c3ccc([N+](=O)[O-])cc3)s2)c1. The summed E-state index contributed by atoms with van der Waals surface area (Å²) in [7, 11) is -3.92. The smallest absolute Gasteiger partial charge is 0.269 e. The van der Waals surface area contributed by atoms with Gasteiger partial charge in [0.05, 0.1) is 16.0 Å². The summed E-state index contributed by atoms with van der Waals surface area (Å²) in [6.45, 7) is 5.73. The van der Waals surface area contributed by atoms with Crippen molar-refractivity contribution in [2.75, 3.05) is 11.9 Å². The largest absolute Gasteiger partial charge is 0.483 e. The topological polar surface area (TPSA) is 128 Å². The summed E-state index contributed by atoms with van der Waals surface area (Å²) in [5.74, 6) is 0.366. The molecule has 1 aromatic heterocycles. The number of aryl methyl sites for hydroxylation is 1. The van der Waals surface area contributed by atoms with Crippen molar-refractivity contribution in [3.8, 4) is 5.75 Å². The number of hydrogen-bond donors (Lipinski definition) is 1. The van der Waals surface area contributed by atoms with E-state index in [2.05, 4.69) is 10.3 Å². The quantitative estimate of drug-likeness (QED) is 0.379. The minimum Gasteiger partial charge on any atom is -0.483 e. The van der Waals surface area contributed by atoms with E-state index >= 15 is 0 Å². The molecule has 0 unspecified atom stereocenters. The van der Waals surface area contributed by atoms with Crippen LogP contribution in [0.25, 0.3) is 0 Å². The normalized spacial score (nSPS) is 11.4. The van der Waals surface area contributed by atoms with Crippen LogP contribution >= 0.6 is 11.3 Å². The Kier molecular flexibility index (Phi) is 6.90.